The molecule has 90 valence electrons. The molecule has 0 saturated heterocycles. The topological polar surface area (TPSA) is 67.2 Å². The lowest BCUT2D eigenvalue weighted by atomic mass is 9.96. The Morgan fingerprint density at radius 2 is 2.38 bits per heavy atom. The quantitative estimate of drug-likeness (QED) is 0.759. The molecule has 1 atom stereocenters. The van der Waals surface area contributed by atoms with E-state index in [-0.39, 0.29) is 0 Å². The van der Waals surface area contributed by atoms with E-state index in [0.29, 0.717) is 6.42 Å². The Hall–Kier alpha value is -1.36. The van der Waals surface area contributed by atoms with Crippen molar-refractivity contribution in [2.24, 2.45) is 0 Å². The molecule has 0 aliphatic rings. The van der Waals surface area contributed by atoms with Crippen molar-refractivity contribution in [3.05, 3.63) is 18.0 Å². The summed E-state index contributed by atoms with van der Waals surface area (Å²) in [5, 5.41) is 16.0. The zero-order valence-electron chi connectivity index (χ0n) is 10.0. The van der Waals surface area contributed by atoms with Crippen LogP contribution in [-0.4, -0.2) is 33.4 Å². The molecule has 0 saturated carbocycles. The molecule has 1 rings (SSSR count). The van der Waals surface area contributed by atoms with Gasteiger partial charge in [0.05, 0.1) is 6.20 Å². The molecule has 16 heavy (non-hydrogen) atoms. The van der Waals surface area contributed by atoms with E-state index < -0.39 is 11.5 Å². The second kappa shape index (κ2) is 5.12. The highest BCUT2D eigenvalue weighted by Gasteiger charge is 2.30. The Bertz CT molecular complexity index is 362. The zero-order valence-corrected chi connectivity index (χ0v) is 10.0. The third-order valence-corrected chi connectivity index (χ3v) is 2.85. The minimum absolute atomic E-state index is 0.581. The fourth-order valence-corrected chi connectivity index (χ4v) is 1.52. The maximum absolute atomic E-state index is 11.0. The first-order valence-corrected chi connectivity index (χ1v) is 5.39. The maximum atomic E-state index is 11.0. The van der Waals surface area contributed by atoms with Gasteiger partial charge in [-0.1, -0.05) is 0 Å². The monoisotopic (exact) mass is 225 g/mol. The first-order chi connectivity index (χ1) is 7.48. The second-order valence-electron chi connectivity index (χ2n) is 4.27. The largest absolute Gasteiger partial charge is 0.480 e. The van der Waals surface area contributed by atoms with Gasteiger partial charge in [0.15, 0.2) is 0 Å². The lowest BCUT2D eigenvalue weighted by Crippen LogP contribution is -2.47. The number of nitrogens with one attached hydrogen (secondary N) is 1. The Labute approximate surface area is 95.5 Å². The summed E-state index contributed by atoms with van der Waals surface area (Å²) < 4.78 is 1.84. The summed E-state index contributed by atoms with van der Waals surface area (Å²) in [4.78, 5) is 11.0. The van der Waals surface area contributed by atoms with Gasteiger partial charge >= 0.3 is 5.97 Å². The third kappa shape index (κ3) is 3.06. The first kappa shape index (κ1) is 12.7. The van der Waals surface area contributed by atoms with Crippen LogP contribution >= 0.6 is 0 Å². The van der Waals surface area contributed by atoms with E-state index in [1.807, 2.05) is 17.8 Å². The van der Waals surface area contributed by atoms with Crippen molar-refractivity contribution < 1.29 is 9.90 Å². The minimum atomic E-state index is -0.845. The van der Waals surface area contributed by atoms with Crippen molar-refractivity contribution in [3.63, 3.8) is 0 Å². The third-order valence-electron chi connectivity index (χ3n) is 2.85. The number of aromatic nitrogens is 2. The number of likely N-dealkylation sites (N-methyl/N-ethyl adjacent to an activating group) is 1. The molecule has 0 aliphatic carbocycles. The standard InChI is InChI=1S/C11H19N3O2/c1-9-7-13-14(8-9)6-4-5-11(2,12-3)10(15)16/h7-8,12H,4-6H2,1-3H3,(H,15,16). The SMILES string of the molecule is CNC(C)(CCCn1cc(C)cn1)C(=O)O. The van der Waals surface area contributed by atoms with Crippen LogP contribution in [0.2, 0.25) is 0 Å². The molecule has 0 bridgehead atoms. The van der Waals surface area contributed by atoms with Crippen LogP contribution in [0.25, 0.3) is 0 Å². The highest BCUT2D eigenvalue weighted by Crippen LogP contribution is 2.12. The van der Waals surface area contributed by atoms with Crippen molar-refractivity contribution in [3.8, 4) is 0 Å². The number of hydrogen-bond acceptors (Lipinski definition) is 3. The van der Waals surface area contributed by atoms with E-state index in [4.69, 9.17) is 5.11 Å². The number of carbonyl (C=O) groups is 1. The van der Waals surface area contributed by atoms with E-state index in [1.165, 1.54) is 0 Å². The van der Waals surface area contributed by atoms with Gasteiger partial charge in [0.25, 0.3) is 0 Å². The van der Waals surface area contributed by atoms with Gasteiger partial charge in [-0.3, -0.25) is 9.48 Å². The molecule has 0 spiro atoms. The van der Waals surface area contributed by atoms with E-state index in [2.05, 4.69) is 10.4 Å². The Morgan fingerprint density at radius 3 is 2.81 bits per heavy atom. The van der Waals surface area contributed by atoms with Gasteiger partial charge in [-0.25, -0.2) is 0 Å². The number of rotatable bonds is 6. The summed E-state index contributed by atoms with van der Waals surface area (Å²) >= 11 is 0. The number of nitrogens with zero attached hydrogens (tertiary/aromatic N) is 2. The molecular formula is C11H19N3O2. The lowest BCUT2D eigenvalue weighted by Gasteiger charge is -2.23. The van der Waals surface area contributed by atoms with Crippen molar-refractivity contribution in [1.82, 2.24) is 15.1 Å². The molecule has 0 aromatic carbocycles. The van der Waals surface area contributed by atoms with E-state index in [9.17, 15) is 4.79 Å². The lowest BCUT2D eigenvalue weighted by molar-refractivity contribution is -0.144. The molecule has 1 heterocycles. The molecule has 0 amide bonds. The highest BCUT2D eigenvalue weighted by molar-refractivity contribution is 5.78. The van der Waals surface area contributed by atoms with Crippen LogP contribution < -0.4 is 5.32 Å². The Morgan fingerprint density at radius 1 is 1.69 bits per heavy atom. The van der Waals surface area contributed by atoms with Gasteiger partial charge in [-0.15, -0.1) is 0 Å². The van der Waals surface area contributed by atoms with Crippen molar-refractivity contribution in [1.29, 1.82) is 0 Å². The van der Waals surface area contributed by atoms with Gasteiger partial charge in [0, 0.05) is 12.7 Å². The average molecular weight is 225 g/mol. The van der Waals surface area contributed by atoms with Crippen LogP contribution in [-0.2, 0) is 11.3 Å². The number of carboxylic acid groups (broad SMARTS) is 1. The zero-order chi connectivity index (χ0) is 12.2. The van der Waals surface area contributed by atoms with Crippen molar-refractivity contribution in [2.45, 2.75) is 38.8 Å². The number of aliphatic carboxylic acids is 1. The van der Waals surface area contributed by atoms with Crippen LogP contribution in [0, 0.1) is 6.92 Å². The normalized spacial score (nSPS) is 14.7. The molecule has 0 aliphatic heterocycles. The fraction of sp³-hybridized carbons (Fsp3) is 0.636. The first-order valence-electron chi connectivity index (χ1n) is 5.39. The molecule has 0 fully saturated rings. The van der Waals surface area contributed by atoms with Gasteiger partial charge in [0.2, 0.25) is 0 Å². The molecule has 1 aromatic rings. The van der Waals surface area contributed by atoms with Gasteiger partial charge in [0.1, 0.15) is 5.54 Å². The summed E-state index contributed by atoms with van der Waals surface area (Å²) in [6.07, 6.45) is 5.12. The van der Waals surface area contributed by atoms with Crippen LogP contribution in [0.15, 0.2) is 12.4 Å². The van der Waals surface area contributed by atoms with Gasteiger partial charge in [-0.2, -0.15) is 5.10 Å². The average Bonchev–Trinajstić information content (AvgIpc) is 2.63. The fourth-order valence-electron chi connectivity index (χ4n) is 1.52. The van der Waals surface area contributed by atoms with E-state index in [1.54, 1.807) is 20.2 Å². The number of aryl methyl sites for hydroxylation is 2. The van der Waals surface area contributed by atoms with Crippen LogP contribution in [0.1, 0.15) is 25.3 Å². The van der Waals surface area contributed by atoms with Crippen molar-refractivity contribution in [2.75, 3.05) is 7.05 Å². The van der Waals surface area contributed by atoms with Crippen LogP contribution in [0.4, 0.5) is 0 Å². The maximum Gasteiger partial charge on any atom is 0.323 e. The number of carboxylic acids is 1. The smallest absolute Gasteiger partial charge is 0.323 e. The van der Waals surface area contributed by atoms with Gasteiger partial charge in [-0.05, 0) is 39.3 Å². The van der Waals surface area contributed by atoms with E-state index >= 15 is 0 Å². The minimum Gasteiger partial charge on any atom is -0.480 e. The molecular weight excluding hydrogens is 206 g/mol. The molecule has 1 aromatic heterocycles. The Balaban J connectivity index is 2.43. The Kier molecular flexibility index (Phi) is 4.06. The summed E-state index contributed by atoms with van der Waals surface area (Å²) in [5.41, 5.74) is 0.275. The summed E-state index contributed by atoms with van der Waals surface area (Å²) in [6.45, 7) is 4.43. The summed E-state index contributed by atoms with van der Waals surface area (Å²) in [7, 11) is 1.67. The predicted octanol–water partition coefficient (Wildman–Crippen LogP) is 1.03. The van der Waals surface area contributed by atoms with Crippen LogP contribution in [0.5, 0.6) is 0 Å². The van der Waals surface area contributed by atoms with E-state index in [0.717, 1.165) is 18.5 Å². The second-order valence-corrected chi connectivity index (χ2v) is 4.27. The summed E-state index contributed by atoms with van der Waals surface area (Å²) in [6, 6.07) is 0. The predicted molar refractivity (Wildman–Crippen MR) is 61.3 cm³/mol. The molecule has 5 heteroatoms. The number of hydrogen-bond donors (Lipinski definition) is 2. The molecule has 1 unspecified atom stereocenters. The molecule has 2 N–H and O–H groups in total. The van der Waals surface area contributed by atoms with Crippen molar-refractivity contribution >= 4 is 5.97 Å². The summed E-state index contributed by atoms with van der Waals surface area (Å²) in [5.74, 6) is -0.813. The van der Waals surface area contributed by atoms with Gasteiger partial charge < -0.3 is 10.4 Å². The molecule has 5 nitrogen and oxygen atoms in total. The van der Waals surface area contributed by atoms with Crippen LogP contribution in [0.3, 0.4) is 0 Å². The molecule has 0 radical (unpaired) electrons. The highest BCUT2D eigenvalue weighted by atomic mass is 16.4.